The molecule has 0 amide bonds. The van der Waals surface area contributed by atoms with Crippen LogP contribution in [0.5, 0.6) is 5.75 Å². The molecule has 0 spiro atoms. The Kier molecular flexibility index (Phi) is 5.07. The summed E-state index contributed by atoms with van der Waals surface area (Å²) in [6.07, 6.45) is 0. The quantitative estimate of drug-likeness (QED) is 0.552. The molecular formula is C16H21N5O5S. The van der Waals surface area contributed by atoms with Crippen molar-refractivity contribution in [2.24, 2.45) is 7.05 Å². The highest BCUT2D eigenvalue weighted by molar-refractivity contribution is 7.89. The number of aromatic nitrogens is 2. The number of hydrogen-bond acceptors (Lipinski definition) is 7. The average Bonchev–Trinajstić information content (AvgIpc) is 2.96. The molecule has 27 heavy (non-hydrogen) atoms. The fraction of sp³-hybridized carbons (Fsp3) is 0.438. The van der Waals surface area contributed by atoms with E-state index >= 15 is 0 Å². The molecule has 2 aromatic rings. The summed E-state index contributed by atoms with van der Waals surface area (Å²) in [7, 11) is -0.465. The van der Waals surface area contributed by atoms with Crippen molar-refractivity contribution >= 4 is 21.5 Å². The van der Waals surface area contributed by atoms with Gasteiger partial charge in [-0.25, -0.2) is 13.1 Å². The minimum absolute atomic E-state index is 0.0380. The van der Waals surface area contributed by atoms with Gasteiger partial charge in [-0.2, -0.15) is 9.40 Å². The number of piperazine rings is 1. The summed E-state index contributed by atoms with van der Waals surface area (Å²) in [5, 5.41) is 15.5. The molecule has 2 heterocycles. The normalized spacial score (nSPS) is 15.7. The van der Waals surface area contributed by atoms with Crippen molar-refractivity contribution in [2.75, 3.05) is 38.2 Å². The van der Waals surface area contributed by atoms with Crippen LogP contribution in [-0.4, -0.2) is 60.7 Å². The second-order valence-corrected chi connectivity index (χ2v) is 8.14. The van der Waals surface area contributed by atoms with Crippen LogP contribution in [0.25, 0.3) is 0 Å². The Bertz CT molecular complexity index is 946. The van der Waals surface area contributed by atoms with Gasteiger partial charge in [-0.15, -0.1) is 0 Å². The van der Waals surface area contributed by atoms with E-state index in [0.29, 0.717) is 30.4 Å². The van der Waals surface area contributed by atoms with E-state index in [0.717, 1.165) is 0 Å². The number of rotatable bonds is 5. The summed E-state index contributed by atoms with van der Waals surface area (Å²) in [5.74, 6) is 0.983. The third-order valence-electron chi connectivity index (χ3n) is 4.58. The molecule has 1 aliphatic heterocycles. The largest absolute Gasteiger partial charge is 0.497 e. The van der Waals surface area contributed by atoms with Gasteiger partial charge in [-0.05, 0) is 31.2 Å². The van der Waals surface area contributed by atoms with Crippen LogP contribution in [0.4, 0.5) is 11.5 Å². The summed E-state index contributed by atoms with van der Waals surface area (Å²) >= 11 is 0. The molecule has 0 radical (unpaired) electrons. The lowest BCUT2D eigenvalue weighted by Gasteiger charge is -2.34. The second kappa shape index (κ2) is 7.16. The van der Waals surface area contributed by atoms with Crippen LogP contribution in [0.3, 0.4) is 0 Å². The van der Waals surface area contributed by atoms with Crippen molar-refractivity contribution in [3.63, 3.8) is 0 Å². The summed E-state index contributed by atoms with van der Waals surface area (Å²) in [4.78, 5) is 12.9. The number of ether oxygens (including phenoxy) is 1. The summed E-state index contributed by atoms with van der Waals surface area (Å²) < 4.78 is 33.6. The number of sulfonamides is 1. The van der Waals surface area contributed by atoms with E-state index in [4.69, 9.17) is 4.74 Å². The van der Waals surface area contributed by atoms with Crippen molar-refractivity contribution in [1.82, 2.24) is 14.1 Å². The Morgan fingerprint density at radius 2 is 1.74 bits per heavy atom. The number of nitro groups is 1. The van der Waals surface area contributed by atoms with Crippen LogP contribution in [0, 0.1) is 17.0 Å². The topological polar surface area (TPSA) is 111 Å². The van der Waals surface area contributed by atoms with Gasteiger partial charge >= 0.3 is 5.69 Å². The zero-order chi connectivity index (χ0) is 19.8. The summed E-state index contributed by atoms with van der Waals surface area (Å²) in [6.45, 7) is 2.74. The molecule has 0 saturated carbocycles. The minimum atomic E-state index is -3.63. The molecule has 1 aromatic heterocycles. The maximum absolute atomic E-state index is 12.8. The smallest absolute Gasteiger partial charge is 0.333 e. The van der Waals surface area contributed by atoms with Crippen molar-refractivity contribution in [1.29, 1.82) is 0 Å². The van der Waals surface area contributed by atoms with E-state index in [2.05, 4.69) is 5.10 Å². The molecule has 3 rings (SSSR count). The molecule has 0 bridgehead atoms. The van der Waals surface area contributed by atoms with Gasteiger partial charge in [-0.1, -0.05) is 0 Å². The second-order valence-electron chi connectivity index (χ2n) is 6.21. The van der Waals surface area contributed by atoms with Gasteiger partial charge < -0.3 is 9.64 Å². The molecular weight excluding hydrogens is 374 g/mol. The third-order valence-corrected chi connectivity index (χ3v) is 6.49. The zero-order valence-corrected chi connectivity index (χ0v) is 16.1. The molecule has 1 saturated heterocycles. The predicted molar refractivity (Wildman–Crippen MR) is 98.6 cm³/mol. The van der Waals surface area contributed by atoms with Gasteiger partial charge in [0.25, 0.3) is 0 Å². The highest BCUT2D eigenvalue weighted by Gasteiger charge is 2.33. The van der Waals surface area contributed by atoms with Gasteiger partial charge in [-0.3, -0.25) is 10.1 Å². The SMILES string of the molecule is COc1ccc(S(=O)(=O)N2CCN(c3c([N+](=O)[O-])c(C)nn3C)CC2)cc1. The molecule has 1 aromatic carbocycles. The number of anilines is 1. The molecule has 10 nitrogen and oxygen atoms in total. The molecule has 0 aliphatic carbocycles. The number of methoxy groups -OCH3 is 1. The first-order valence-electron chi connectivity index (χ1n) is 8.33. The van der Waals surface area contributed by atoms with Crippen LogP contribution in [0.15, 0.2) is 29.2 Å². The van der Waals surface area contributed by atoms with E-state index in [1.807, 2.05) is 0 Å². The van der Waals surface area contributed by atoms with Crippen molar-refractivity contribution in [3.05, 3.63) is 40.1 Å². The molecule has 1 fully saturated rings. The monoisotopic (exact) mass is 395 g/mol. The summed E-state index contributed by atoms with van der Waals surface area (Å²) in [5.41, 5.74) is 0.301. The van der Waals surface area contributed by atoms with Crippen LogP contribution >= 0.6 is 0 Å². The van der Waals surface area contributed by atoms with E-state index in [1.54, 1.807) is 31.0 Å². The van der Waals surface area contributed by atoms with Crippen molar-refractivity contribution < 1.29 is 18.1 Å². The molecule has 1 aliphatic rings. The maximum atomic E-state index is 12.8. The van der Waals surface area contributed by atoms with E-state index in [1.165, 1.54) is 28.2 Å². The van der Waals surface area contributed by atoms with E-state index in [9.17, 15) is 18.5 Å². The first-order valence-corrected chi connectivity index (χ1v) is 9.77. The van der Waals surface area contributed by atoms with Gasteiger partial charge in [0.05, 0.1) is 16.9 Å². The standard InChI is InChI=1S/C16H21N5O5S/c1-12-15(21(22)23)16(18(2)17-12)19-8-10-20(11-9-19)27(24,25)14-6-4-13(26-3)5-7-14/h4-7H,8-11H2,1-3H3. The molecule has 11 heteroatoms. The number of benzene rings is 1. The van der Waals surface area contributed by atoms with Gasteiger partial charge in [0, 0.05) is 33.2 Å². The van der Waals surface area contributed by atoms with Crippen LogP contribution in [-0.2, 0) is 17.1 Å². The number of aryl methyl sites for hydroxylation is 2. The molecule has 0 atom stereocenters. The number of hydrogen-bond donors (Lipinski definition) is 0. The Morgan fingerprint density at radius 1 is 1.15 bits per heavy atom. The Morgan fingerprint density at radius 3 is 2.26 bits per heavy atom. The van der Waals surface area contributed by atoms with E-state index in [-0.39, 0.29) is 23.7 Å². The first-order chi connectivity index (χ1) is 12.8. The van der Waals surface area contributed by atoms with E-state index < -0.39 is 14.9 Å². The molecule has 0 unspecified atom stereocenters. The van der Waals surface area contributed by atoms with Crippen molar-refractivity contribution in [2.45, 2.75) is 11.8 Å². The highest BCUT2D eigenvalue weighted by atomic mass is 32.2. The lowest BCUT2D eigenvalue weighted by molar-refractivity contribution is -0.384. The maximum Gasteiger partial charge on any atom is 0.333 e. The Labute approximate surface area is 157 Å². The lowest BCUT2D eigenvalue weighted by atomic mass is 10.3. The number of nitrogens with zero attached hydrogens (tertiary/aromatic N) is 5. The zero-order valence-electron chi connectivity index (χ0n) is 15.3. The molecule has 0 N–H and O–H groups in total. The Hall–Kier alpha value is -2.66. The van der Waals surface area contributed by atoms with Crippen molar-refractivity contribution in [3.8, 4) is 5.75 Å². The fourth-order valence-corrected chi connectivity index (χ4v) is 4.66. The Balaban J connectivity index is 1.78. The molecule has 146 valence electrons. The average molecular weight is 395 g/mol. The summed E-state index contributed by atoms with van der Waals surface area (Å²) in [6, 6.07) is 6.22. The third kappa shape index (κ3) is 3.47. The van der Waals surface area contributed by atoms with Gasteiger partial charge in [0.1, 0.15) is 11.4 Å². The highest BCUT2D eigenvalue weighted by Crippen LogP contribution is 2.32. The van der Waals surface area contributed by atoms with Crippen LogP contribution in [0.1, 0.15) is 5.69 Å². The first kappa shape index (κ1) is 19.1. The lowest BCUT2D eigenvalue weighted by Crippen LogP contribution is -2.49. The minimum Gasteiger partial charge on any atom is -0.497 e. The fourth-order valence-electron chi connectivity index (χ4n) is 3.24. The van der Waals surface area contributed by atoms with Crippen LogP contribution < -0.4 is 9.64 Å². The predicted octanol–water partition coefficient (Wildman–Crippen LogP) is 1.16. The van der Waals surface area contributed by atoms with Gasteiger partial charge in [0.15, 0.2) is 0 Å². The van der Waals surface area contributed by atoms with Crippen LogP contribution in [0.2, 0.25) is 0 Å². The van der Waals surface area contributed by atoms with Gasteiger partial charge in [0.2, 0.25) is 15.8 Å².